The maximum atomic E-state index is 14.2. The summed E-state index contributed by atoms with van der Waals surface area (Å²) in [6.07, 6.45) is 3.09. The summed E-state index contributed by atoms with van der Waals surface area (Å²) in [6, 6.07) is 13.3. The summed E-state index contributed by atoms with van der Waals surface area (Å²) in [5.41, 5.74) is 0.521. The van der Waals surface area contributed by atoms with Crippen LogP contribution < -0.4 is 4.74 Å². The lowest BCUT2D eigenvalue weighted by atomic mass is 10.1. The molecule has 0 heterocycles. The van der Waals surface area contributed by atoms with E-state index in [0.29, 0.717) is 18.2 Å². The molecule has 5 heteroatoms. The molecule has 0 amide bonds. The summed E-state index contributed by atoms with van der Waals surface area (Å²) in [5, 5.41) is 9.58. The van der Waals surface area contributed by atoms with Gasteiger partial charge in [0, 0.05) is 5.39 Å². The molecule has 0 aliphatic rings. The first-order valence-electron chi connectivity index (χ1n) is 8.27. The number of aryl methyl sites for hydroxylation is 1. The molecule has 0 spiro atoms. The first kappa shape index (κ1) is 18.3. The van der Waals surface area contributed by atoms with Gasteiger partial charge in [-0.05, 0) is 60.2 Å². The SMILES string of the molecule is C=CCCc1ccc(C(=O)Oc2ccc3c(F)c(C#N)ccc3c2)c(F)c1. The quantitative estimate of drug-likeness (QED) is 0.350. The van der Waals surface area contributed by atoms with E-state index in [1.54, 1.807) is 24.3 Å². The number of halogens is 2. The van der Waals surface area contributed by atoms with Gasteiger partial charge in [-0.2, -0.15) is 5.26 Å². The van der Waals surface area contributed by atoms with E-state index >= 15 is 0 Å². The lowest BCUT2D eigenvalue weighted by Crippen LogP contribution is -2.11. The Morgan fingerprint density at radius 2 is 1.96 bits per heavy atom. The minimum absolute atomic E-state index is 0.0640. The van der Waals surface area contributed by atoms with Gasteiger partial charge in [-0.1, -0.05) is 18.2 Å². The van der Waals surface area contributed by atoms with E-state index in [2.05, 4.69) is 6.58 Å². The Hall–Kier alpha value is -3.52. The summed E-state index contributed by atoms with van der Waals surface area (Å²) in [6.45, 7) is 3.62. The van der Waals surface area contributed by atoms with Gasteiger partial charge in [-0.25, -0.2) is 13.6 Å². The van der Waals surface area contributed by atoms with Crippen LogP contribution in [-0.2, 0) is 6.42 Å². The average Bonchev–Trinajstić information content (AvgIpc) is 2.66. The van der Waals surface area contributed by atoms with Gasteiger partial charge in [-0.15, -0.1) is 6.58 Å². The van der Waals surface area contributed by atoms with Crippen LogP contribution in [0.1, 0.15) is 27.9 Å². The van der Waals surface area contributed by atoms with Crippen molar-refractivity contribution in [1.29, 1.82) is 5.26 Å². The van der Waals surface area contributed by atoms with Crippen LogP contribution in [0.2, 0.25) is 0 Å². The lowest BCUT2D eigenvalue weighted by molar-refractivity contribution is 0.0730. The number of ether oxygens (including phenoxy) is 1. The maximum absolute atomic E-state index is 14.2. The normalized spacial score (nSPS) is 10.4. The number of nitrogens with zero attached hydrogens (tertiary/aromatic N) is 1. The van der Waals surface area contributed by atoms with Crippen molar-refractivity contribution in [2.45, 2.75) is 12.8 Å². The lowest BCUT2D eigenvalue weighted by Gasteiger charge is -2.08. The second kappa shape index (κ2) is 7.79. The fourth-order valence-electron chi connectivity index (χ4n) is 2.73. The van der Waals surface area contributed by atoms with Gasteiger partial charge in [0.05, 0.1) is 11.1 Å². The standard InChI is InChI=1S/C22H15F2NO2/c1-2-3-4-14-5-9-19(20(23)11-14)22(26)27-17-8-10-18-15(12-17)6-7-16(13-25)21(18)24/h2,5-12H,1,3-4H2. The highest BCUT2D eigenvalue weighted by Crippen LogP contribution is 2.26. The number of esters is 1. The van der Waals surface area contributed by atoms with Gasteiger partial charge in [0.1, 0.15) is 23.5 Å². The van der Waals surface area contributed by atoms with Crippen LogP contribution in [0.5, 0.6) is 5.75 Å². The molecule has 0 N–H and O–H groups in total. The van der Waals surface area contributed by atoms with E-state index < -0.39 is 17.6 Å². The molecule has 0 aromatic heterocycles. The van der Waals surface area contributed by atoms with Gasteiger partial charge in [0.25, 0.3) is 0 Å². The van der Waals surface area contributed by atoms with Crippen LogP contribution in [0.3, 0.4) is 0 Å². The number of hydrogen-bond acceptors (Lipinski definition) is 3. The van der Waals surface area contributed by atoms with Crippen LogP contribution in [0, 0.1) is 23.0 Å². The van der Waals surface area contributed by atoms with Crippen LogP contribution in [0.15, 0.2) is 61.2 Å². The molecule has 0 bridgehead atoms. The molecule has 0 aliphatic heterocycles. The number of carbonyl (C=O) groups is 1. The minimum Gasteiger partial charge on any atom is -0.423 e. The highest BCUT2D eigenvalue weighted by molar-refractivity contribution is 5.92. The molecule has 0 saturated heterocycles. The van der Waals surface area contributed by atoms with E-state index in [1.165, 1.54) is 36.4 Å². The molecule has 27 heavy (non-hydrogen) atoms. The molecule has 134 valence electrons. The fraction of sp³-hybridized carbons (Fsp3) is 0.0909. The second-order valence-corrected chi connectivity index (χ2v) is 5.95. The summed E-state index contributed by atoms with van der Waals surface area (Å²) >= 11 is 0. The Bertz CT molecular complexity index is 1080. The third-order valence-corrected chi connectivity index (χ3v) is 4.15. The van der Waals surface area contributed by atoms with Gasteiger partial charge in [-0.3, -0.25) is 0 Å². The molecule has 0 aliphatic carbocycles. The van der Waals surface area contributed by atoms with Crippen molar-refractivity contribution >= 4 is 16.7 Å². The molecule has 0 radical (unpaired) electrons. The molecular weight excluding hydrogens is 348 g/mol. The zero-order valence-corrected chi connectivity index (χ0v) is 14.3. The van der Waals surface area contributed by atoms with Gasteiger partial charge < -0.3 is 4.74 Å². The molecule has 3 nitrogen and oxygen atoms in total. The first-order valence-corrected chi connectivity index (χ1v) is 8.27. The van der Waals surface area contributed by atoms with Gasteiger partial charge in [0.2, 0.25) is 0 Å². The minimum atomic E-state index is -0.837. The number of fused-ring (bicyclic) bond motifs is 1. The average molecular weight is 363 g/mol. The van der Waals surface area contributed by atoms with Crippen molar-refractivity contribution in [2.75, 3.05) is 0 Å². The zero-order valence-electron chi connectivity index (χ0n) is 14.3. The molecule has 0 saturated carbocycles. The van der Waals surface area contributed by atoms with Crippen molar-refractivity contribution in [2.24, 2.45) is 0 Å². The Labute approximate surface area is 155 Å². The number of carbonyl (C=O) groups excluding carboxylic acids is 1. The van der Waals surface area contributed by atoms with E-state index in [-0.39, 0.29) is 22.3 Å². The molecule has 0 fully saturated rings. The van der Waals surface area contributed by atoms with E-state index in [9.17, 15) is 13.6 Å². The smallest absolute Gasteiger partial charge is 0.346 e. The number of benzene rings is 3. The Morgan fingerprint density at radius 1 is 1.15 bits per heavy atom. The van der Waals surface area contributed by atoms with Crippen molar-refractivity contribution in [1.82, 2.24) is 0 Å². The van der Waals surface area contributed by atoms with Gasteiger partial charge in [0.15, 0.2) is 0 Å². The molecule has 3 aromatic carbocycles. The van der Waals surface area contributed by atoms with Crippen molar-refractivity contribution in [3.8, 4) is 11.8 Å². The fourth-order valence-corrected chi connectivity index (χ4v) is 2.73. The van der Waals surface area contributed by atoms with Gasteiger partial charge >= 0.3 is 5.97 Å². The number of hydrogen-bond donors (Lipinski definition) is 0. The molecule has 0 unspecified atom stereocenters. The van der Waals surface area contributed by atoms with Crippen LogP contribution in [0.4, 0.5) is 8.78 Å². The monoisotopic (exact) mass is 363 g/mol. The summed E-state index contributed by atoms with van der Waals surface area (Å²) in [5.74, 6) is -1.97. The Kier molecular flexibility index (Phi) is 5.28. The third kappa shape index (κ3) is 3.85. The molecule has 0 atom stereocenters. The highest BCUT2D eigenvalue weighted by Gasteiger charge is 2.15. The highest BCUT2D eigenvalue weighted by atomic mass is 19.1. The molecular formula is C22H15F2NO2. The summed E-state index contributed by atoms with van der Waals surface area (Å²) in [7, 11) is 0. The zero-order chi connectivity index (χ0) is 19.4. The molecule has 3 aromatic rings. The van der Waals surface area contributed by atoms with Crippen molar-refractivity contribution in [3.05, 3.63) is 89.5 Å². The first-order chi connectivity index (χ1) is 13.0. The predicted octanol–water partition coefficient (Wildman–Crippen LogP) is 5.33. The number of allylic oxidation sites excluding steroid dienone is 1. The molecule has 3 rings (SSSR count). The Morgan fingerprint density at radius 3 is 2.67 bits per heavy atom. The van der Waals surface area contributed by atoms with Crippen molar-refractivity contribution in [3.63, 3.8) is 0 Å². The van der Waals surface area contributed by atoms with Crippen molar-refractivity contribution < 1.29 is 18.3 Å². The third-order valence-electron chi connectivity index (χ3n) is 4.15. The largest absolute Gasteiger partial charge is 0.423 e. The predicted molar refractivity (Wildman–Crippen MR) is 98.5 cm³/mol. The summed E-state index contributed by atoms with van der Waals surface area (Å²) in [4.78, 5) is 12.3. The van der Waals surface area contributed by atoms with E-state index in [4.69, 9.17) is 10.00 Å². The number of rotatable bonds is 5. The second-order valence-electron chi connectivity index (χ2n) is 5.95. The van der Waals surface area contributed by atoms with E-state index in [0.717, 1.165) is 5.56 Å². The topological polar surface area (TPSA) is 50.1 Å². The maximum Gasteiger partial charge on any atom is 0.346 e. The van der Waals surface area contributed by atoms with Crippen LogP contribution >= 0.6 is 0 Å². The van der Waals surface area contributed by atoms with Crippen LogP contribution in [0.25, 0.3) is 10.8 Å². The van der Waals surface area contributed by atoms with E-state index in [1.807, 2.05) is 0 Å². The number of nitriles is 1. The summed E-state index contributed by atoms with van der Waals surface area (Å²) < 4.78 is 33.6. The Balaban J connectivity index is 1.83. The van der Waals surface area contributed by atoms with Crippen LogP contribution in [-0.4, -0.2) is 5.97 Å².